The van der Waals surface area contributed by atoms with Crippen LogP contribution in [0.1, 0.15) is 17.3 Å². The van der Waals surface area contributed by atoms with Crippen molar-refractivity contribution in [3.05, 3.63) is 64.8 Å². The quantitative estimate of drug-likeness (QED) is 0.551. The van der Waals surface area contributed by atoms with Crippen LogP contribution < -0.4 is 10.9 Å². The van der Waals surface area contributed by atoms with Crippen LogP contribution in [0.15, 0.2) is 53.7 Å². The fourth-order valence-corrected chi connectivity index (χ4v) is 3.83. The summed E-state index contributed by atoms with van der Waals surface area (Å²) in [6, 6.07) is 10.3. The van der Waals surface area contributed by atoms with Crippen LogP contribution in [0.2, 0.25) is 0 Å². The number of thiophene rings is 1. The Bertz CT molecular complexity index is 1260. The molecule has 0 fully saturated rings. The molecule has 0 radical (unpaired) electrons. The van der Waals surface area contributed by atoms with Gasteiger partial charge in [-0.3, -0.25) is 19.0 Å². The third-order valence-electron chi connectivity index (χ3n) is 4.09. The molecule has 27 heavy (non-hydrogen) atoms. The molecular weight excluding hydrogens is 364 g/mol. The number of nitrogens with one attached hydrogen (secondary N) is 1. The molecule has 0 atom stereocenters. The number of anilines is 1. The number of ketones is 1. The van der Waals surface area contributed by atoms with E-state index in [-0.39, 0.29) is 23.8 Å². The summed E-state index contributed by atoms with van der Waals surface area (Å²) in [6.45, 7) is 1.29. The molecule has 1 N–H and O–H groups in total. The van der Waals surface area contributed by atoms with Gasteiger partial charge in [0.05, 0.1) is 11.8 Å². The number of benzene rings is 1. The molecule has 4 aromatic rings. The molecule has 4 rings (SSSR count). The molecule has 3 aromatic heterocycles. The first kappa shape index (κ1) is 17.0. The van der Waals surface area contributed by atoms with Gasteiger partial charge in [0, 0.05) is 22.8 Å². The average Bonchev–Trinajstić information content (AvgIpc) is 3.04. The van der Waals surface area contributed by atoms with Crippen LogP contribution in [-0.2, 0) is 11.3 Å². The molecule has 8 heteroatoms. The summed E-state index contributed by atoms with van der Waals surface area (Å²) in [4.78, 5) is 45.8. The molecular formula is C19H14N4O3S. The number of carbonyl (C=O) groups excluding carboxylic acids is 2. The van der Waals surface area contributed by atoms with Crippen molar-refractivity contribution >= 4 is 49.1 Å². The van der Waals surface area contributed by atoms with Crippen LogP contribution in [0.5, 0.6) is 0 Å². The molecule has 0 saturated heterocycles. The van der Waals surface area contributed by atoms with E-state index in [1.165, 1.54) is 29.2 Å². The standard InChI is InChI=1S/C19H14N4O3S/c1-11(24)12-4-2-5-13(8-12)22-15(25)9-23-10-21-16-14-6-3-7-20-18(14)27-17(16)19(23)26/h2-8,10H,9H2,1H3,(H,22,25). The van der Waals surface area contributed by atoms with Crippen LogP contribution in [-0.4, -0.2) is 26.2 Å². The maximum Gasteiger partial charge on any atom is 0.271 e. The van der Waals surface area contributed by atoms with E-state index in [9.17, 15) is 14.4 Å². The van der Waals surface area contributed by atoms with Gasteiger partial charge in [0.25, 0.3) is 5.56 Å². The van der Waals surface area contributed by atoms with Gasteiger partial charge < -0.3 is 5.32 Å². The van der Waals surface area contributed by atoms with E-state index in [2.05, 4.69) is 15.3 Å². The summed E-state index contributed by atoms with van der Waals surface area (Å²) < 4.78 is 1.74. The number of amides is 1. The number of aromatic nitrogens is 3. The number of nitrogens with zero attached hydrogens (tertiary/aromatic N) is 3. The number of hydrogen-bond donors (Lipinski definition) is 1. The topological polar surface area (TPSA) is 93.9 Å². The highest BCUT2D eigenvalue weighted by Gasteiger charge is 2.14. The van der Waals surface area contributed by atoms with Gasteiger partial charge in [0.15, 0.2) is 5.78 Å². The first-order valence-corrected chi connectivity index (χ1v) is 8.98. The summed E-state index contributed by atoms with van der Waals surface area (Å²) in [6.07, 6.45) is 3.04. The molecule has 0 aliphatic rings. The molecule has 134 valence electrons. The molecule has 0 aliphatic carbocycles. The highest BCUT2D eigenvalue weighted by Crippen LogP contribution is 2.27. The Morgan fingerprint density at radius 1 is 1.19 bits per heavy atom. The van der Waals surface area contributed by atoms with Crippen LogP contribution in [0, 0.1) is 0 Å². The van der Waals surface area contributed by atoms with E-state index >= 15 is 0 Å². The van der Waals surface area contributed by atoms with E-state index in [0.717, 1.165) is 10.2 Å². The third kappa shape index (κ3) is 3.22. The van der Waals surface area contributed by atoms with Crippen LogP contribution in [0.25, 0.3) is 20.4 Å². The van der Waals surface area contributed by atoms with Gasteiger partial charge in [-0.2, -0.15) is 0 Å². The van der Waals surface area contributed by atoms with Gasteiger partial charge in [-0.15, -0.1) is 11.3 Å². The minimum Gasteiger partial charge on any atom is -0.325 e. The Kier molecular flexibility index (Phi) is 4.25. The van der Waals surface area contributed by atoms with E-state index < -0.39 is 0 Å². The van der Waals surface area contributed by atoms with Gasteiger partial charge in [-0.05, 0) is 31.2 Å². The molecule has 3 heterocycles. The molecule has 0 spiro atoms. The molecule has 0 aliphatic heterocycles. The van der Waals surface area contributed by atoms with E-state index in [0.29, 0.717) is 21.5 Å². The number of carbonyl (C=O) groups is 2. The lowest BCUT2D eigenvalue weighted by molar-refractivity contribution is -0.116. The number of fused-ring (bicyclic) bond motifs is 3. The van der Waals surface area contributed by atoms with Crippen molar-refractivity contribution in [2.45, 2.75) is 13.5 Å². The van der Waals surface area contributed by atoms with Crippen molar-refractivity contribution < 1.29 is 9.59 Å². The fraction of sp³-hybridized carbons (Fsp3) is 0.105. The predicted molar refractivity (Wildman–Crippen MR) is 104 cm³/mol. The summed E-state index contributed by atoms with van der Waals surface area (Å²) in [7, 11) is 0. The largest absolute Gasteiger partial charge is 0.325 e. The van der Waals surface area contributed by atoms with Crippen LogP contribution in [0.3, 0.4) is 0 Å². The van der Waals surface area contributed by atoms with Gasteiger partial charge in [-0.25, -0.2) is 9.97 Å². The van der Waals surface area contributed by atoms with Crippen molar-refractivity contribution in [1.82, 2.24) is 14.5 Å². The predicted octanol–water partition coefficient (Wildman–Crippen LogP) is 2.85. The van der Waals surface area contributed by atoms with Gasteiger partial charge >= 0.3 is 0 Å². The fourth-order valence-electron chi connectivity index (χ4n) is 2.79. The Morgan fingerprint density at radius 3 is 2.85 bits per heavy atom. The van der Waals surface area contributed by atoms with E-state index in [1.807, 2.05) is 6.07 Å². The van der Waals surface area contributed by atoms with E-state index in [1.54, 1.807) is 36.5 Å². The minimum atomic E-state index is -0.377. The number of rotatable bonds is 4. The Labute approximate surface area is 157 Å². The second-order valence-electron chi connectivity index (χ2n) is 6.00. The highest BCUT2D eigenvalue weighted by atomic mass is 32.1. The monoisotopic (exact) mass is 378 g/mol. The zero-order valence-corrected chi connectivity index (χ0v) is 15.1. The first-order chi connectivity index (χ1) is 13.0. The van der Waals surface area contributed by atoms with Crippen molar-refractivity contribution in [2.75, 3.05) is 5.32 Å². The van der Waals surface area contributed by atoms with Crippen molar-refractivity contribution in [3.8, 4) is 0 Å². The second-order valence-corrected chi connectivity index (χ2v) is 7.00. The number of Topliss-reactive ketones (excluding diaryl/α,β-unsaturated/α-hetero) is 1. The zero-order valence-electron chi connectivity index (χ0n) is 14.3. The van der Waals surface area contributed by atoms with Crippen molar-refractivity contribution in [1.29, 1.82) is 0 Å². The third-order valence-corrected chi connectivity index (χ3v) is 5.18. The number of hydrogen-bond acceptors (Lipinski definition) is 6. The van der Waals surface area contributed by atoms with Crippen LogP contribution >= 0.6 is 11.3 Å². The molecule has 0 bridgehead atoms. The Balaban J connectivity index is 1.61. The molecule has 1 aromatic carbocycles. The average molecular weight is 378 g/mol. The first-order valence-electron chi connectivity index (χ1n) is 8.16. The molecule has 7 nitrogen and oxygen atoms in total. The summed E-state index contributed by atoms with van der Waals surface area (Å²) in [5.74, 6) is -0.464. The number of pyridine rings is 1. The molecule has 1 amide bonds. The maximum atomic E-state index is 12.7. The second kappa shape index (κ2) is 6.73. The van der Waals surface area contributed by atoms with Gasteiger partial charge in [-0.1, -0.05) is 12.1 Å². The molecule has 0 saturated carbocycles. The Hall–Kier alpha value is -3.39. The molecule has 0 unspecified atom stereocenters. The van der Waals surface area contributed by atoms with Crippen LogP contribution in [0.4, 0.5) is 5.69 Å². The zero-order chi connectivity index (χ0) is 19.0. The summed E-state index contributed by atoms with van der Waals surface area (Å²) >= 11 is 1.26. The lowest BCUT2D eigenvalue weighted by Crippen LogP contribution is -2.27. The van der Waals surface area contributed by atoms with Crippen molar-refractivity contribution in [2.24, 2.45) is 0 Å². The Morgan fingerprint density at radius 2 is 2.04 bits per heavy atom. The normalized spacial score (nSPS) is 11.0. The summed E-state index contributed by atoms with van der Waals surface area (Å²) in [5, 5.41) is 3.53. The minimum absolute atomic E-state index is 0.0876. The van der Waals surface area contributed by atoms with Gasteiger partial charge in [0.1, 0.15) is 16.1 Å². The summed E-state index contributed by atoms with van der Waals surface area (Å²) in [5.41, 5.74) is 1.32. The van der Waals surface area contributed by atoms with Crippen molar-refractivity contribution in [3.63, 3.8) is 0 Å². The maximum absolute atomic E-state index is 12.7. The highest BCUT2D eigenvalue weighted by molar-refractivity contribution is 7.25. The van der Waals surface area contributed by atoms with Gasteiger partial charge in [0.2, 0.25) is 5.91 Å². The SMILES string of the molecule is CC(=O)c1cccc(NC(=O)Cn2cnc3c(sc4ncccc43)c2=O)c1. The van der Waals surface area contributed by atoms with E-state index in [4.69, 9.17) is 0 Å². The smallest absolute Gasteiger partial charge is 0.271 e. The lowest BCUT2D eigenvalue weighted by atomic mass is 10.1. The lowest BCUT2D eigenvalue weighted by Gasteiger charge is -2.08.